The lowest BCUT2D eigenvalue weighted by Gasteiger charge is -2.44. The van der Waals surface area contributed by atoms with Gasteiger partial charge in [0.1, 0.15) is 0 Å². The van der Waals surface area contributed by atoms with Gasteiger partial charge in [0.25, 0.3) is 0 Å². The zero-order valence-electron chi connectivity index (χ0n) is 9.06. The van der Waals surface area contributed by atoms with E-state index in [1.165, 1.54) is 19.3 Å². The summed E-state index contributed by atoms with van der Waals surface area (Å²) in [5.41, 5.74) is 0. The number of aliphatic hydroxyl groups excluding tert-OH is 1. The van der Waals surface area contributed by atoms with Crippen molar-refractivity contribution < 1.29 is 15.0 Å². The predicted octanol–water partition coefficient (Wildman–Crippen LogP) is 2.04. The third-order valence-corrected chi connectivity index (χ3v) is 4.20. The maximum atomic E-state index is 10.6. The van der Waals surface area contributed by atoms with Crippen molar-refractivity contribution in [1.82, 2.24) is 0 Å². The van der Waals surface area contributed by atoms with Gasteiger partial charge in [-0.25, -0.2) is 0 Å². The summed E-state index contributed by atoms with van der Waals surface area (Å²) in [6.45, 7) is 0. The average Bonchev–Trinajstić information content (AvgIpc) is 2.14. The summed E-state index contributed by atoms with van der Waals surface area (Å²) in [6, 6.07) is 0. The molecule has 3 heteroatoms. The summed E-state index contributed by atoms with van der Waals surface area (Å²) < 4.78 is 0. The van der Waals surface area contributed by atoms with Crippen LogP contribution in [0, 0.1) is 17.8 Å². The van der Waals surface area contributed by atoms with E-state index in [1.807, 2.05) is 0 Å². The maximum Gasteiger partial charge on any atom is 0.303 e. The molecule has 0 aliphatic heterocycles. The highest BCUT2D eigenvalue weighted by Crippen LogP contribution is 2.46. The lowest BCUT2D eigenvalue weighted by Crippen LogP contribution is -2.38. The standard InChI is InChI=1S/C12H20O3/c13-10-6-8-2-1-3-9(7-10)11(8)4-5-12(14)15/h8-11,13H,1-7H2,(H,14,15). The van der Waals surface area contributed by atoms with Gasteiger partial charge in [0.15, 0.2) is 0 Å². The molecule has 0 saturated heterocycles. The first kappa shape index (κ1) is 10.9. The SMILES string of the molecule is O=C(O)CCC1C2CCCC1CC(O)C2. The van der Waals surface area contributed by atoms with Gasteiger partial charge in [0, 0.05) is 6.42 Å². The summed E-state index contributed by atoms with van der Waals surface area (Å²) in [5, 5.41) is 18.4. The topological polar surface area (TPSA) is 57.5 Å². The molecule has 2 bridgehead atoms. The quantitative estimate of drug-likeness (QED) is 0.752. The molecule has 2 atom stereocenters. The second-order valence-electron chi connectivity index (χ2n) is 5.17. The van der Waals surface area contributed by atoms with E-state index in [0.29, 0.717) is 24.2 Å². The van der Waals surface area contributed by atoms with Crippen LogP contribution in [-0.2, 0) is 4.79 Å². The van der Waals surface area contributed by atoms with E-state index in [2.05, 4.69) is 0 Å². The highest BCUT2D eigenvalue weighted by atomic mass is 16.4. The Labute approximate surface area is 90.5 Å². The lowest BCUT2D eigenvalue weighted by atomic mass is 9.62. The van der Waals surface area contributed by atoms with Crippen LogP contribution in [-0.4, -0.2) is 22.3 Å². The molecule has 2 aliphatic carbocycles. The normalized spacial score (nSPS) is 40.1. The molecule has 3 nitrogen and oxygen atoms in total. The molecule has 86 valence electrons. The van der Waals surface area contributed by atoms with Gasteiger partial charge in [-0.1, -0.05) is 19.3 Å². The molecule has 0 aromatic carbocycles. The van der Waals surface area contributed by atoms with Crippen LogP contribution < -0.4 is 0 Å². The molecular formula is C12H20O3. The van der Waals surface area contributed by atoms with Crippen molar-refractivity contribution in [2.45, 2.75) is 51.0 Å². The second-order valence-corrected chi connectivity index (χ2v) is 5.17. The van der Waals surface area contributed by atoms with Crippen LogP contribution in [0.1, 0.15) is 44.9 Å². The molecule has 2 saturated carbocycles. The Morgan fingerprint density at radius 3 is 2.33 bits per heavy atom. The fourth-order valence-corrected chi connectivity index (χ4v) is 3.60. The molecule has 0 heterocycles. The zero-order chi connectivity index (χ0) is 10.8. The summed E-state index contributed by atoms with van der Waals surface area (Å²) in [5.74, 6) is 1.07. The third-order valence-electron chi connectivity index (χ3n) is 4.20. The smallest absolute Gasteiger partial charge is 0.303 e. The molecule has 2 N–H and O–H groups in total. The molecule has 2 unspecified atom stereocenters. The van der Waals surface area contributed by atoms with Crippen LogP contribution in [0.2, 0.25) is 0 Å². The van der Waals surface area contributed by atoms with E-state index in [9.17, 15) is 9.90 Å². The van der Waals surface area contributed by atoms with Crippen molar-refractivity contribution in [3.63, 3.8) is 0 Å². The van der Waals surface area contributed by atoms with Gasteiger partial charge in [0.05, 0.1) is 6.10 Å². The monoisotopic (exact) mass is 212 g/mol. The number of hydrogen-bond acceptors (Lipinski definition) is 2. The molecule has 0 aromatic rings. The Balaban J connectivity index is 1.95. The minimum absolute atomic E-state index is 0.124. The van der Waals surface area contributed by atoms with Gasteiger partial charge < -0.3 is 10.2 Å². The fourth-order valence-electron chi connectivity index (χ4n) is 3.60. The van der Waals surface area contributed by atoms with Gasteiger partial charge in [-0.2, -0.15) is 0 Å². The number of carbonyl (C=O) groups is 1. The zero-order valence-corrected chi connectivity index (χ0v) is 9.06. The number of carboxylic acids is 1. The summed E-state index contributed by atoms with van der Waals surface area (Å²) >= 11 is 0. The van der Waals surface area contributed by atoms with Gasteiger partial charge in [-0.3, -0.25) is 4.79 Å². The minimum atomic E-state index is -0.681. The summed E-state index contributed by atoms with van der Waals surface area (Å²) in [7, 11) is 0. The van der Waals surface area contributed by atoms with Gasteiger partial charge >= 0.3 is 5.97 Å². The predicted molar refractivity (Wildman–Crippen MR) is 56.4 cm³/mol. The number of aliphatic carboxylic acids is 1. The number of fused-ring (bicyclic) bond motifs is 2. The van der Waals surface area contributed by atoms with Crippen molar-refractivity contribution in [3.8, 4) is 0 Å². The van der Waals surface area contributed by atoms with Crippen LogP contribution in [0.4, 0.5) is 0 Å². The van der Waals surface area contributed by atoms with Crippen LogP contribution in [0.15, 0.2) is 0 Å². The van der Waals surface area contributed by atoms with Crippen molar-refractivity contribution in [3.05, 3.63) is 0 Å². The Morgan fingerprint density at radius 2 is 1.80 bits per heavy atom. The Bertz CT molecular complexity index is 225. The van der Waals surface area contributed by atoms with Gasteiger partial charge in [-0.05, 0) is 37.0 Å². The van der Waals surface area contributed by atoms with E-state index < -0.39 is 5.97 Å². The Hall–Kier alpha value is -0.570. The van der Waals surface area contributed by atoms with Gasteiger partial charge in [-0.15, -0.1) is 0 Å². The summed E-state index contributed by atoms with van der Waals surface area (Å²) in [4.78, 5) is 10.6. The van der Waals surface area contributed by atoms with E-state index >= 15 is 0 Å². The van der Waals surface area contributed by atoms with Crippen LogP contribution in [0.25, 0.3) is 0 Å². The van der Waals surface area contributed by atoms with Crippen LogP contribution in [0.3, 0.4) is 0 Å². The second kappa shape index (κ2) is 4.52. The van der Waals surface area contributed by atoms with Crippen molar-refractivity contribution in [2.24, 2.45) is 17.8 Å². The highest BCUT2D eigenvalue weighted by Gasteiger charge is 2.39. The lowest BCUT2D eigenvalue weighted by molar-refractivity contribution is -0.137. The molecule has 0 amide bonds. The fraction of sp³-hybridized carbons (Fsp3) is 0.917. The molecule has 2 aliphatic rings. The number of rotatable bonds is 3. The maximum absolute atomic E-state index is 10.6. The minimum Gasteiger partial charge on any atom is -0.481 e. The van der Waals surface area contributed by atoms with E-state index in [1.54, 1.807) is 0 Å². The number of aliphatic hydroxyl groups is 1. The van der Waals surface area contributed by atoms with Crippen molar-refractivity contribution >= 4 is 5.97 Å². The van der Waals surface area contributed by atoms with E-state index in [4.69, 9.17) is 5.11 Å². The molecule has 15 heavy (non-hydrogen) atoms. The van der Waals surface area contributed by atoms with Crippen molar-refractivity contribution in [2.75, 3.05) is 0 Å². The van der Waals surface area contributed by atoms with Crippen LogP contribution >= 0.6 is 0 Å². The molecule has 0 radical (unpaired) electrons. The molecular weight excluding hydrogens is 192 g/mol. The highest BCUT2D eigenvalue weighted by molar-refractivity contribution is 5.66. The van der Waals surface area contributed by atoms with Gasteiger partial charge in [0.2, 0.25) is 0 Å². The number of carboxylic acid groups (broad SMARTS) is 1. The van der Waals surface area contributed by atoms with E-state index in [-0.39, 0.29) is 6.10 Å². The first-order valence-electron chi connectivity index (χ1n) is 6.06. The molecule has 0 aromatic heterocycles. The van der Waals surface area contributed by atoms with Crippen LogP contribution in [0.5, 0.6) is 0 Å². The summed E-state index contributed by atoms with van der Waals surface area (Å²) in [6.07, 6.45) is 6.45. The molecule has 2 rings (SSSR count). The largest absolute Gasteiger partial charge is 0.481 e. The Morgan fingerprint density at radius 1 is 1.20 bits per heavy atom. The first-order valence-corrected chi connectivity index (χ1v) is 6.06. The third kappa shape index (κ3) is 2.51. The van der Waals surface area contributed by atoms with Crippen molar-refractivity contribution in [1.29, 1.82) is 0 Å². The van der Waals surface area contributed by atoms with E-state index in [0.717, 1.165) is 19.3 Å². The Kier molecular flexibility index (Phi) is 3.29. The first-order chi connectivity index (χ1) is 7.16. The molecule has 0 spiro atoms. The molecule has 2 fully saturated rings. The average molecular weight is 212 g/mol. The number of hydrogen-bond donors (Lipinski definition) is 2.